The van der Waals surface area contributed by atoms with Crippen molar-refractivity contribution in [3.8, 4) is 0 Å². The Balaban J connectivity index is 2.67. The maximum absolute atomic E-state index is 9.52. The lowest BCUT2D eigenvalue weighted by Gasteiger charge is -2.29. The zero-order valence-corrected chi connectivity index (χ0v) is 10.2. The largest absolute Gasteiger partial charge is 0.394 e. The summed E-state index contributed by atoms with van der Waals surface area (Å²) in [6.45, 7) is 8.82. The second kappa shape index (κ2) is 5.83. The molecule has 0 heterocycles. The molecular weight excluding hydrogens is 198 g/mol. The van der Waals surface area contributed by atoms with Crippen LogP contribution in [0.25, 0.3) is 0 Å². The quantitative estimate of drug-likeness (QED) is 0.720. The van der Waals surface area contributed by atoms with Crippen molar-refractivity contribution in [2.45, 2.75) is 25.8 Å². The van der Waals surface area contributed by atoms with E-state index in [4.69, 9.17) is 0 Å². The van der Waals surface area contributed by atoms with E-state index in [9.17, 15) is 5.11 Å². The van der Waals surface area contributed by atoms with Gasteiger partial charge in [-0.3, -0.25) is 0 Å². The van der Waals surface area contributed by atoms with Crippen molar-refractivity contribution in [3.63, 3.8) is 0 Å². The van der Waals surface area contributed by atoms with E-state index in [0.29, 0.717) is 0 Å². The molecule has 2 N–H and O–H groups in total. The molecule has 0 fully saturated rings. The molecule has 2 nitrogen and oxygen atoms in total. The number of nitrogens with one attached hydrogen (secondary N) is 1. The summed E-state index contributed by atoms with van der Waals surface area (Å²) in [5.41, 5.74) is 1.90. The molecule has 0 amide bonds. The molecule has 2 heteroatoms. The van der Waals surface area contributed by atoms with Crippen molar-refractivity contribution in [2.75, 3.05) is 13.2 Å². The van der Waals surface area contributed by atoms with Gasteiger partial charge in [-0.25, -0.2) is 0 Å². The van der Waals surface area contributed by atoms with Crippen LogP contribution in [0.5, 0.6) is 0 Å². The third-order valence-corrected chi connectivity index (χ3v) is 2.79. The predicted octanol–water partition coefficient (Wildman–Crippen LogP) is 2.45. The highest BCUT2D eigenvalue weighted by Gasteiger charge is 2.24. The van der Waals surface area contributed by atoms with Crippen molar-refractivity contribution in [3.05, 3.63) is 48.0 Å². The minimum Gasteiger partial charge on any atom is -0.394 e. The van der Waals surface area contributed by atoms with Crippen LogP contribution in [0.15, 0.2) is 42.5 Å². The van der Waals surface area contributed by atoms with E-state index >= 15 is 0 Å². The standard InChI is InChI=1S/C14H21NO/c1-12(2)9-10-15-14(3,11-16)13-7-5-4-6-8-13/h4-8,15-16H,1,9-11H2,2-3H3. The van der Waals surface area contributed by atoms with Crippen molar-refractivity contribution in [1.29, 1.82) is 0 Å². The Labute approximate surface area is 98.0 Å². The van der Waals surface area contributed by atoms with Gasteiger partial charge in [-0.2, -0.15) is 0 Å². The summed E-state index contributed by atoms with van der Waals surface area (Å²) in [5.74, 6) is 0. The Hall–Kier alpha value is -1.12. The molecule has 0 spiro atoms. The number of aliphatic hydroxyl groups is 1. The Morgan fingerprint density at radius 1 is 1.38 bits per heavy atom. The number of hydrogen-bond donors (Lipinski definition) is 2. The summed E-state index contributed by atoms with van der Waals surface area (Å²) in [7, 11) is 0. The third kappa shape index (κ3) is 3.47. The molecule has 0 saturated carbocycles. The van der Waals surface area contributed by atoms with E-state index in [1.54, 1.807) is 0 Å². The van der Waals surface area contributed by atoms with Crippen LogP contribution in [0.4, 0.5) is 0 Å². The number of rotatable bonds is 6. The van der Waals surface area contributed by atoms with Crippen molar-refractivity contribution < 1.29 is 5.11 Å². The molecule has 0 bridgehead atoms. The van der Waals surface area contributed by atoms with Gasteiger partial charge >= 0.3 is 0 Å². The molecule has 16 heavy (non-hydrogen) atoms. The second-order valence-electron chi connectivity index (χ2n) is 4.49. The van der Waals surface area contributed by atoms with Crippen LogP contribution in [-0.2, 0) is 5.54 Å². The topological polar surface area (TPSA) is 32.3 Å². The highest BCUT2D eigenvalue weighted by atomic mass is 16.3. The molecule has 0 aliphatic heterocycles. The number of aliphatic hydroxyl groups excluding tert-OH is 1. The molecule has 88 valence electrons. The Kier molecular flexibility index (Phi) is 4.71. The summed E-state index contributed by atoms with van der Waals surface area (Å²) in [5, 5.41) is 12.9. The first kappa shape index (κ1) is 12.9. The van der Waals surface area contributed by atoms with Gasteiger partial charge in [-0.1, -0.05) is 35.9 Å². The molecule has 1 rings (SSSR count). The molecule has 0 aliphatic rings. The fourth-order valence-corrected chi connectivity index (χ4v) is 1.61. The van der Waals surface area contributed by atoms with Gasteiger partial charge in [0.25, 0.3) is 0 Å². The van der Waals surface area contributed by atoms with Crippen LogP contribution >= 0.6 is 0 Å². The van der Waals surface area contributed by atoms with E-state index in [-0.39, 0.29) is 12.1 Å². The molecule has 0 radical (unpaired) electrons. The number of hydrogen-bond acceptors (Lipinski definition) is 2. The van der Waals surface area contributed by atoms with Crippen molar-refractivity contribution in [2.24, 2.45) is 0 Å². The first-order valence-corrected chi connectivity index (χ1v) is 5.64. The van der Waals surface area contributed by atoms with Crippen molar-refractivity contribution >= 4 is 0 Å². The van der Waals surface area contributed by atoms with E-state index in [2.05, 4.69) is 11.9 Å². The van der Waals surface area contributed by atoms with Gasteiger partial charge in [0, 0.05) is 0 Å². The van der Waals surface area contributed by atoms with Crippen LogP contribution in [-0.4, -0.2) is 18.3 Å². The normalized spacial score (nSPS) is 14.4. The van der Waals surface area contributed by atoms with Crippen LogP contribution in [0.1, 0.15) is 25.8 Å². The first-order chi connectivity index (χ1) is 7.58. The average molecular weight is 219 g/mol. The lowest BCUT2D eigenvalue weighted by Crippen LogP contribution is -2.43. The van der Waals surface area contributed by atoms with E-state index in [0.717, 1.165) is 24.1 Å². The van der Waals surface area contributed by atoms with Gasteiger partial charge in [0.05, 0.1) is 12.1 Å². The SMILES string of the molecule is C=C(C)CCNC(C)(CO)c1ccccc1. The molecule has 1 unspecified atom stereocenters. The van der Waals surface area contributed by atoms with Gasteiger partial charge in [0.1, 0.15) is 0 Å². The van der Waals surface area contributed by atoms with Gasteiger partial charge in [-0.15, -0.1) is 6.58 Å². The summed E-state index contributed by atoms with van der Waals surface area (Å²) in [4.78, 5) is 0. The molecular formula is C14H21NO. The Morgan fingerprint density at radius 2 is 2.00 bits per heavy atom. The predicted molar refractivity (Wildman–Crippen MR) is 68.3 cm³/mol. The fourth-order valence-electron chi connectivity index (χ4n) is 1.61. The van der Waals surface area contributed by atoms with Gasteiger partial charge in [-0.05, 0) is 32.4 Å². The number of benzene rings is 1. The minimum absolute atomic E-state index is 0.0905. The zero-order chi connectivity index (χ0) is 12.0. The lowest BCUT2D eigenvalue weighted by molar-refractivity contribution is 0.176. The van der Waals surface area contributed by atoms with Gasteiger partial charge in [0.15, 0.2) is 0 Å². The van der Waals surface area contributed by atoms with Crippen LogP contribution in [0.2, 0.25) is 0 Å². The lowest BCUT2D eigenvalue weighted by atomic mass is 9.93. The molecule has 1 atom stereocenters. The average Bonchev–Trinajstić information content (AvgIpc) is 2.29. The van der Waals surface area contributed by atoms with E-state index in [1.165, 1.54) is 0 Å². The maximum Gasteiger partial charge on any atom is 0.0652 e. The maximum atomic E-state index is 9.52. The van der Waals surface area contributed by atoms with E-state index in [1.807, 2.05) is 44.2 Å². The smallest absolute Gasteiger partial charge is 0.0652 e. The third-order valence-electron chi connectivity index (χ3n) is 2.79. The molecule has 1 aromatic carbocycles. The highest BCUT2D eigenvalue weighted by Crippen LogP contribution is 2.19. The van der Waals surface area contributed by atoms with Crippen LogP contribution < -0.4 is 5.32 Å². The summed E-state index contributed by atoms with van der Waals surface area (Å²) in [6, 6.07) is 10.0. The Bertz CT molecular complexity index is 334. The highest BCUT2D eigenvalue weighted by molar-refractivity contribution is 5.23. The van der Waals surface area contributed by atoms with Crippen molar-refractivity contribution in [1.82, 2.24) is 5.32 Å². The fraction of sp³-hybridized carbons (Fsp3) is 0.429. The molecule has 1 aromatic rings. The molecule has 0 saturated heterocycles. The minimum atomic E-state index is -0.364. The second-order valence-corrected chi connectivity index (χ2v) is 4.49. The monoisotopic (exact) mass is 219 g/mol. The van der Waals surface area contributed by atoms with Crippen LogP contribution in [0, 0.1) is 0 Å². The van der Waals surface area contributed by atoms with Gasteiger partial charge in [0.2, 0.25) is 0 Å². The van der Waals surface area contributed by atoms with Gasteiger partial charge < -0.3 is 10.4 Å². The summed E-state index contributed by atoms with van der Waals surface area (Å²) >= 11 is 0. The summed E-state index contributed by atoms with van der Waals surface area (Å²) in [6.07, 6.45) is 0.933. The Morgan fingerprint density at radius 3 is 2.50 bits per heavy atom. The summed E-state index contributed by atoms with van der Waals surface area (Å²) < 4.78 is 0. The molecule has 0 aliphatic carbocycles. The first-order valence-electron chi connectivity index (χ1n) is 5.64. The zero-order valence-electron chi connectivity index (χ0n) is 10.2. The van der Waals surface area contributed by atoms with Crippen LogP contribution in [0.3, 0.4) is 0 Å². The molecule has 0 aromatic heterocycles. The van der Waals surface area contributed by atoms with E-state index < -0.39 is 0 Å².